The van der Waals surface area contributed by atoms with Crippen molar-refractivity contribution in [3.63, 3.8) is 0 Å². The Balaban J connectivity index is 2.16. The zero-order chi connectivity index (χ0) is 15.5. The molecular weight excluding hydrogens is 347 g/mol. The van der Waals surface area contributed by atoms with E-state index in [2.05, 4.69) is 21.2 Å². The summed E-state index contributed by atoms with van der Waals surface area (Å²) in [5, 5.41) is 3.31. The summed E-state index contributed by atoms with van der Waals surface area (Å²) < 4.78 is 43.5. The molecule has 1 aromatic carbocycles. The Bertz CT molecular complexity index is 577. The number of nitrogens with one attached hydrogen (secondary N) is 1. The fourth-order valence-corrected chi connectivity index (χ4v) is 2.67. The molecule has 2 nitrogen and oxygen atoms in total. The summed E-state index contributed by atoms with van der Waals surface area (Å²) in [6.45, 7) is 2.73. The lowest BCUT2D eigenvalue weighted by Gasteiger charge is -2.17. The summed E-state index contributed by atoms with van der Waals surface area (Å²) in [7, 11) is 0. The first-order chi connectivity index (χ1) is 9.91. The summed E-state index contributed by atoms with van der Waals surface area (Å²) in [5.74, 6) is 0. The number of hydrogen-bond acceptors (Lipinski definition) is 2. The van der Waals surface area contributed by atoms with Crippen LogP contribution in [0.2, 0.25) is 0 Å². The van der Waals surface area contributed by atoms with Crippen molar-refractivity contribution < 1.29 is 17.6 Å². The molecule has 1 unspecified atom stereocenters. The van der Waals surface area contributed by atoms with Gasteiger partial charge in [-0.05, 0) is 52.7 Å². The second kappa shape index (κ2) is 6.66. The minimum atomic E-state index is -4.30. The largest absolute Gasteiger partial charge is 0.457 e. The van der Waals surface area contributed by atoms with Crippen molar-refractivity contribution in [3.05, 3.63) is 58.0 Å². The van der Waals surface area contributed by atoms with Crippen LogP contribution in [0, 0.1) is 0 Å². The Hall–Kier alpha value is -1.27. The number of furan rings is 1. The molecule has 6 heteroatoms. The van der Waals surface area contributed by atoms with Gasteiger partial charge in [-0.15, -0.1) is 0 Å². The van der Waals surface area contributed by atoms with Crippen LogP contribution in [-0.4, -0.2) is 6.54 Å². The van der Waals surface area contributed by atoms with Crippen LogP contribution in [0.15, 0.2) is 45.7 Å². The van der Waals surface area contributed by atoms with Gasteiger partial charge in [0.05, 0.1) is 11.8 Å². The topological polar surface area (TPSA) is 25.2 Å². The molecule has 0 aliphatic heterocycles. The summed E-state index contributed by atoms with van der Waals surface area (Å²) in [6, 6.07) is 7.09. The van der Waals surface area contributed by atoms with Crippen LogP contribution in [0.25, 0.3) is 0 Å². The minimum Gasteiger partial charge on any atom is -0.457 e. The number of likely N-dealkylation sites (N-methyl/N-ethyl adjacent to an activating group) is 1. The zero-order valence-corrected chi connectivity index (χ0v) is 13.0. The van der Waals surface area contributed by atoms with E-state index in [4.69, 9.17) is 4.42 Å². The molecule has 0 saturated heterocycles. The highest BCUT2D eigenvalue weighted by Gasteiger charge is 2.30. The fourth-order valence-electron chi connectivity index (χ4n) is 2.16. The van der Waals surface area contributed by atoms with Crippen LogP contribution in [0.3, 0.4) is 0 Å². The van der Waals surface area contributed by atoms with Gasteiger partial charge in [-0.25, -0.2) is 0 Å². The van der Waals surface area contributed by atoms with Crippen LogP contribution < -0.4 is 5.32 Å². The van der Waals surface area contributed by atoms with Gasteiger partial charge in [0.25, 0.3) is 0 Å². The first-order valence-electron chi connectivity index (χ1n) is 6.54. The van der Waals surface area contributed by atoms with E-state index in [-0.39, 0.29) is 6.04 Å². The van der Waals surface area contributed by atoms with E-state index >= 15 is 0 Å². The summed E-state index contributed by atoms with van der Waals surface area (Å²) >= 11 is 3.33. The zero-order valence-electron chi connectivity index (χ0n) is 11.4. The molecule has 2 aromatic rings. The standard InChI is InChI=1S/C15H15BrF3NO/c1-2-20-13(12-7-8-21-14(12)16)9-10-3-5-11(6-4-10)15(17,18)19/h3-8,13,20H,2,9H2,1H3. The van der Waals surface area contributed by atoms with Crippen LogP contribution in [0.1, 0.15) is 29.7 Å². The van der Waals surface area contributed by atoms with E-state index in [1.54, 1.807) is 6.26 Å². The molecule has 1 N–H and O–H groups in total. The van der Waals surface area contributed by atoms with Crippen molar-refractivity contribution in [3.8, 4) is 0 Å². The molecule has 1 aromatic heterocycles. The lowest BCUT2D eigenvalue weighted by Crippen LogP contribution is -2.22. The van der Waals surface area contributed by atoms with Crippen molar-refractivity contribution in [2.45, 2.75) is 25.6 Å². The third-order valence-corrected chi connectivity index (χ3v) is 3.84. The third kappa shape index (κ3) is 4.11. The Morgan fingerprint density at radius 1 is 1.19 bits per heavy atom. The lowest BCUT2D eigenvalue weighted by molar-refractivity contribution is -0.137. The molecule has 0 bridgehead atoms. The number of benzene rings is 1. The third-order valence-electron chi connectivity index (χ3n) is 3.19. The molecule has 0 amide bonds. The highest BCUT2D eigenvalue weighted by Crippen LogP contribution is 2.31. The van der Waals surface area contributed by atoms with Crippen LogP contribution in [-0.2, 0) is 12.6 Å². The maximum Gasteiger partial charge on any atom is 0.416 e. The Morgan fingerprint density at radius 3 is 2.33 bits per heavy atom. The highest BCUT2D eigenvalue weighted by molar-refractivity contribution is 9.10. The van der Waals surface area contributed by atoms with Gasteiger partial charge >= 0.3 is 6.18 Å². The van der Waals surface area contributed by atoms with Gasteiger partial charge in [-0.2, -0.15) is 13.2 Å². The number of hydrogen-bond donors (Lipinski definition) is 1. The first-order valence-corrected chi connectivity index (χ1v) is 7.33. The number of alkyl halides is 3. The van der Waals surface area contributed by atoms with Gasteiger partial charge in [-0.1, -0.05) is 19.1 Å². The molecule has 114 valence electrons. The van der Waals surface area contributed by atoms with Crippen molar-refractivity contribution >= 4 is 15.9 Å². The molecule has 1 heterocycles. The van der Waals surface area contributed by atoms with E-state index in [9.17, 15) is 13.2 Å². The van der Waals surface area contributed by atoms with Gasteiger partial charge in [0.1, 0.15) is 0 Å². The number of rotatable bonds is 5. The van der Waals surface area contributed by atoms with Crippen LogP contribution in [0.5, 0.6) is 0 Å². The molecule has 0 fully saturated rings. The van der Waals surface area contributed by atoms with E-state index in [0.717, 1.165) is 29.8 Å². The molecule has 0 radical (unpaired) electrons. The summed E-state index contributed by atoms with van der Waals surface area (Å²) in [5.41, 5.74) is 1.16. The Labute approximate surface area is 129 Å². The van der Waals surface area contributed by atoms with E-state index in [1.807, 2.05) is 13.0 Å². The molecular formula is C15H15BrF3NO. The molecule has 0 aliphatic rings. The van der Waals surface area contributed by atoms with Gasteiger partial charge in [0.2, 0.25) is 0 Å². The van der Waals surface area contributed by atoms with Crippen molar-refractivity contribution in [2.24, 2.45) is 0 Å². The normalized spacial score (nSPS) is 13.4. The van der Waals surface area contributed by atoms with Gasteiger partial charge in [0.15, 0.2) is 4.67 Å². The quantitative estimate of drug-likeness (QED) is 0.814. The van der Waals surface area contributed by atoms with E-state index in [0.29, 0.717) is 11.1 Å². The maximum absolute atomic E-state index is 12.5. The fraction of sp³-hybridized carbons (Fsp3) is 0.333. The van der Waals surface area contributed by atoms with Gasteiger partial charge in [0, 0.05) is 11.6 Å². The monoisotopic (exact) mass is 361 g/mol. The molecule has 21 heavy (non-hydrogen) atoms. The SMILES string of the molecule is CCNC(Cc1ccc(C(F)(F)F)cc1)c1ccoc1Br. The first kappa shape index (κ1) is 16.1. The Morgan fingerprint density at radius 2 is 1.86 bits per heavy atom. The number of halogens is 4. The predicted molar refractivity (Wildman–Crippen MR) is 78.0 cm³/mol. The Kier molecular flexibility index (Phi) is 5.11. The summed E-state index contributed by atoms with van der Waals surface area (Å²) in [4.78, 5) is 0. The van der Waals surface area contributed by atoms with Gasteiger partial charge in [-0.3, -0.25) is 0 Å². The average Bonchev–Trinajstić information content (AvgIpc) is 2.84. The average molecular weight is 362 g/mol. The molecule has 1 atom stereocenters. The second-order valence-corrected chi connectivity index (χ2v) is 5.38. The predicted octanol–water partition coefficient (Wildman–Crippen LogP) is 4.95. The summed E-state index contributed by atoms with van der Waals surface area (Å²) in [6.07, 6.45) is -2.13. The molecule has 0 spiro atoms. The molecule has 0 aliphatic carbocycles. The van der Waals surface area contributed by atoms with Crippen molar-refractivity contribution in [1.29, 1.82) is 0 Å². The molecule has 0 saturated carbocycles. The van der Waals surface area contributed by atoms with Gasteiger partial charge < -0.3 is 9.73 Å². The highest BCUT2D eigenvalue weighted by atomic mass is 79.9. The van der Waals surface area contributed by atoms with E-state index < -0.39 is 11.7 Å². The minimum absolute atomic E-state index is 0.0140. The van der Waals surface area contributed by atoms with Crippen LogP contribution >= 0.6 is 15.9 Å². The molecule has 2 rings (SSSR count). The lowest BCUT2D eigenvalue weighted by atomic mass is 10.00. The second-order valence-electron chi connectivity index (χ2n) is 4.66. The van der Waals surface area contributed by atoms with Crippen molar-refractivity contribution in [1.82, 2.24) is 5.32 Å². The van der Waals surface area contributed by atoms with E-state index in [1.165, 1.54) is 12.1 Å². The van der Waals surface area contributed by atoms with Crippen LogP contribution in [0.4, 0.5) is 13.2 Å². The maximum atomic E-state index is 12.5. The smallest absolute Gasteiger partial charge is 0.416 e. The van der Waals surface area contributed by atoms with Crippen molar-refractivity contribution in [2.75, 3.05) is 6.54 Å².